The number of nitrogens with one attached hydrogen (secondary N) is 2. The van der Waals surface area contributed by atoms with Crippen LogP contribution in [0, 0.1) is 6.92 Å². The molecule has 3 rings (SSSR count). The van der Waals surface area contributed by atoms with Crippen molar-refractivity contribution in [3.63, 3.8) is 0 Å². The van der Waals surface area contributed by atoms with E-state index in [1.54, 1.807) is 14.2 Å². The molecule has 2 atom stereocenters. The van der Waals surface area contributed by atoms with E-state index in [1.165, 1.54) is 0 Å². The number of carbonyl (C=O) groups is 1. The Kier molecular flexibility index (Phi) is 12.8. The molecule has 2 aromatic rings. The number of amides is 1. The second-order valence-electron chi connectivity index (χ2n) is 9.35. The number of aryl methyl sites for hydroxylation is 1. The highest BCUT2D eigenvalue weighted by atomic mass is 35.5. The van der Waals surface area contributed by atoms with Gasteiger partial charge >= 0.3 is 0 Å². The number of halogens is 2. The molecule has 4 N–H and O–H groups in total. The van der Waals surface area contributed by atoms with Gasteiger partial charge in [0.2, 0.25) is 5.82 Å². The molecular weight excluding hydrogens is 503 g/mol. The number of anilines is 1. The number of nitrogens with zero attached hydrogens (tertiary/aromatic N) is 3. The Hall–Kier alpha value is -2.20. The highest BCUT2D eigenvalue weighted by Crippen LogP contribution is 2.28. The largest absolute Gasteiger partial charge is 0.385 e. The van der Waals surface area contributed by atoms with Crippen molar-refractivity contribution in [3.05, 3.63) is 29.6 Å². The molecule has 1 heterocycles. The summed E-state index contributed by atoms with van der Waals surface area (Å²) in [5.74, 6) is 0.971. The Morgan fingerprint density at radius 1 is 1.19 bits per heavy atom. The van der Waals surface area contributed by atoms with Gasteiger partial charge in [-0.05, 0) is 52.2 Å². The van der Waals surface area contributed by atoms with Gasteiger partial charge in [0.1, 0.15) is 17.3 Å². The molecule has 11 heteroatoms. The second-order valence-corrected chi connectivity index (χ2v) is 9.35. The van der Waals surface area contributed by atoms with Gasteiger partial charge in [0.15, 0.2) is 0 Å². The van der Waals surface area contributed by atoms with Crippen LogP contribution in [-0.4, -0.2) is 66.8 Å². The van der Waals surface area contributed by atoms with Gasteiger partial charge in [0, 0.05) is 38.8 Å². The average molecular weight is 544 g/mol. The Morgan fingerprint density at radius 2 is 1.92 bits per heavy atom. The van der Waals surface area contributed by atoms with Crippen molar-refractivity contribution < 1.29 is 14.3 Å². The molecule has 0 radical (unpaired) electrons. The minimum atomic E-state index is -0.630. The zero-order valence-electron chi connectivity index (χ0n) is 21.8. The molecule has 1 aliphatic rings. The van der Waals surface area contributed by atoms with Crippen LogP contribution in [0.2, 0.25) is 0 Å². The van der Waals surface area contributed by atoms with Crippen LogP contribution in [0.15, 0.2) is 23.2 Å². The summed E-state index contributed by atoms with van der Waals surface area (Å²) in [4.78, 5) is 26.8. The zero-order valence-corrected chi connectivity index (χ0v) is 23.4. The quantitative estimate of drug-likeness (QED) is 0.235. The number of hydrogen-bond acceptors (Lipinski definition) is 7. The number of fused-ring (bicyclic) bond motifs is 1. The third-order valence-electron chi connectivity index (χ3n) is 6.35. The number of ether oxygens (including phenoxy) is 2. The fourth-order valence-electron chi connectivity index (χ4n) is 4.00. The highest BCUT2D eigenvalue weighted by Gasteiger charge is 2.29. The molecule has 0 unspecified atom stereocenters. The normalized spacial score (nSPS) is 18.2. The number of rotatable bonds is 10. The van der Waals surface area contributed by atoms with E-state index in [4.69, 9.17) is 20.2 Å². The average Bonchev–Trinajstić information content (AvgIpc) is 2.83. The molecule has 9 nitrogen and oxygen atoms in total. The van der Waals surface area contributed by atoms with E-state index in [-0.39, 0.29) is 48.6 Å². The van der Waals surface area contributed by atoms with Gasteiger partial charge in [-0.1, -0.05) is 24.5 Å². The topological polar surface area (TPSA) is 124 Å². The summed E-state index contributed by atoms with van der Waals surface area (Å²) in [6.45, 7) is 6.93. The van der Waals surface area contributed by atoms with Gasteiger partial charge in [0.05, 0.1) is 11.6 Å². The number of nitrogens with two attached hydrogens (primary N) is 1. The highest BCUT2D eigenvalue weighted by molar-refractivity contribution is 5.96. The number of benzene rings is 1. The fraction of sp³-hybridized carbons (Fsp3) is 0.600. The molecule has 1 fully saturated rings. The van der Waals surface area contributed by atoms with E-state index in [1.807, 2.05) is 39.0 Å². The van der Waals surface area contributed by atoms with Gasteiger partial charge < -0.3 is 25.8 Å². The lowest BCUT2D eigenvalue weighted by atomic mass is 9.90. The maximum absolute atomic E-state index is 12.8. The van der Waals surface area contributed by atoms with Crippen LogP contribution in [-0.2, 0) is 9.47 Å². The first-order chi connectivity index (χ1) is 16.2. The van der Waals surface area contributed by atoms with Crippen LogP contribution in [0.4, 0.5) is 5.82 Å². The Labute approximate surface area is 226 Å². The Balaban J connectivity index is 0.00000324. The SMILES string of the molecule is COCCCNC(=O)c1nc(N[C@H]2CCCC[C@H]2N=C(N)C(C)(C)OC)c2cc(C)ccc2n1.Cl.Cl. The number of hydrogen-bond donors (Lipinski definition) is 3. The summed E-state index contributed by atoms with van der Waals surface area (Å²) in [6.07, 6.45) is 4.76. The molecule has 1 aliphatic carbocycles. The molecule has 1 aromatic carbocycles. The monoisotopic (exact) mass is 542 g/mol. The summed E-state index contributed by atoms with van der Waals surface area (Å²) in [5.41, 5.74) is 7.49. The molecule has 0 bridgehead atoms. The minimum absolute atomic E-state index is 0. The van der Waals surface area contributed by atoms with E-state index >= 15 is 0 Å². The molecule has 0 aliphatic heterocycles. The van der Waals surface area contributed by atoms with Gasteiger partial charge in [-0.15, -0.1) is 24.8 Å². The third-order valence-corrected chi connectivity index (χ3v) is 6.35. The van der Waals surface area contributed by atoms with Crippen LogP contribution in [0.5, 0.6) is 0 Å². The Bertz CT molecular complexity index is 1030. The Morgan fingerprint density at radius 3 is 2.61 bits per heavy atom. The smallest absolute Gasteiger partial charge is 0.289 e. The summed E-state index contributed by atoms with van der Waals surface area (Å²) < 4.78 is 10.6. The lowest BCUT2D eigenvalue weighted by Crippen LogP contribution is -2.44. The summed E-state index contributed by atoms with van der Waals surface area (Å²) >= 11 is 0. The van der Waals surface area contributed by atoms with Gasteiger partial charge in [0.25, 0.3) is 5.91 Å². The van der Waals surface area contributed by atoms with Crippen LogP contribution in [0.1, 0.15) is 62.1 Å². The van der Waals surface area contributed by atoms with Crippen molar-refractivity contribution in [2.24, 2.45) is 10.7 Å². The van der Waals surface area contributed by atoms with Crippen molar-refractivity contribution in [1.29, 1.82) is 0 Å². The predicted molar refractivity (Wildman–Crippen MR) is 150 cm³/mol. The zero-order chi connectivity index (χ0) is 24.7. The van der Waals surface area contributed by atoms with Crippen molar-refractivity contribution in [2.75, 3.05) is 32.7 Å². The number of carbonyl (C=O) groups excluding carboxylic acids is 1. The first-order valence-corrected chi connectivity index (χ1v) is 12.0. The molecule has 1 amide bonds. The molecule has 0 spiro atoms. The lowest BCUT2D eigenvalue weighted by Gasteiger charge is -2.32. The van der Waals surface area contributed by atoms with E-state index in [2.05, 4.69) is 20.6 Å². The number of methoxy groups -OCH3 is 2. The van der Waals surface area contributed by atoms with Gasteiger partial charge in [-0.2, -0.15) is 0 Å². The molecule has 1 saturated carbocycles. The van der Waals surface area contributed by atoms with Crippen molar-refractivity contribution in [1.82, 2.24) is 15.3 Å². The first-order valence-electron chi connectivity index (χ1n) is 12.0. The summed E-state index contributed by atoms with van der Waals surface area (Å²) in [6, 6.07) is 5.98. The predicted octanol–water partition coefficient (Wildman–Crippen LogP) is 4.05. The molecule has 1 aromatic heterocycles. The van der Waals surface area contributed by atoms with E-state index in [0.29, 0.717) is 24.8 Å². The van der Waals surface area contributed by atoms with Crippen LogP contribution in [0.25, 0.3) is 10.9 Å². The molecule has 202 valence electrons. The van der Waals surface area contributed by atoms with Crippen LogP contribution in [0.3, 0.4) is 0 Å². The van der Waals surface area contributed by atoms with E-state index < -0.39 is 5.60 Å². The molecular formula is C25H40Cl2N6O3. The fourth-order valence-corrected chi connectivity index (χ4v) is 4.00. The minimum Gasteiger partial charge on any atom is -0.385 e. The summed E-state index contributed by atoms with van der Waals surface area (Å²) in [5, 5.41) is 7.35. The van der Waals surface area contributed by atoms with Gasteiger partial charge in [-0.3, -0.25) is 9.79 Å². The van der Waals surface area contributed by atoms with Crippen LogP contribution >= 0.6 is 24.8 Å². The first kappa shape index (κ1) is 31.8. The number of aliphatic imine (C=N–C) groups is 1. The maximum atomic E-state index is 12.8. The van der Waals surface area contributed by atoms with Crippen molar-refractivity contribution in [3.8, 4) is 0 Å². The van der Waals surface area contributed by atoms with Crippen molar-refractivity contribution in [2.45, 2.75) is 70.6 Å². The standard InChI is InChI=1S/C25H38N6O3.2ClH/c1-16-11-12-18-17(15-16)21(31-22(28-18)23(32)27-13-8-14-33-4)29-19-9-6-7-10-20(19)30-24(26)25(2,3)34-5;;/h11-12,15,19-20H,6-10,13-14H2,1-5H3,(H2,26,30)(H,27,32)(H,28,29,31);2*1H/t19-,20+;;/m0../s1. The molecule has 36 heavy (non-hydrogen) atoms. The summed E-state index contributed by atoms with van der Waals surface area (Å²) in [7, 11) is 3.27. The van der Waals surface area contributed by atoms with E-state index in [0.717, 1.165) is 48.6 Å². The number of amidine groups is 1. The van der Waals surface area contributed by atoms with Crippen LogP contribution < -0.4 is 16.4 Å². The van der Waals surface area contributed by atoms with Crippen molar-refractivity contribution >= 4 is 53.3 Å². The number of aromatic nitrogens is 2. The lowest BCUT2D eigenvalue weighted by molar-refractivity contribution is 0.0810. The van der Waals surface area contributed by atoms with Gasteiger partial charge in [-0.25, -0.2) is 9.97 Å². The maximum Gasteiger partial charge on any atom is 0.289 e. The third kappa shape index (κ3) is 8.16. The molecule has 0 saturated heterocycles. The second kappa shape index (κ2) is 14.5. The van der Waals surface area contributed by atoms with E-state index in [9.17, 15) is 4.79 Å².